The van der Waals surface area contributed by atoms with Crippen molar-refractivity contribution in [3.05, 3.63) is 46.0 Å². The first-order valence-electron chi connectivity index (χ1n) is 11.1. The van der Waals surface area contributed by atoms with Gasteiger partial charge in [0.25, 0.3) is 0 Å². The molecule has 0 bridgehead atoms. The lowest BCUT2D eigenvalue weighted by atomic mass is 9.75. The molecule has 1 aliphatic carbocycles. The van der Waals surface area contributed by atoms with E-state index in [0.29, 0.717) is 0 Å². The van der Waals surface area contributed by atoms with Gasteiger partial charge in [0, 0.05) is 5.25 Å². The molecule has 2 fully saturated rings. The van der Waals surface area contributed by atoms with Gasteiger partial charge in [0.1, 0.15) is 0 Å². The zero-order chi connectivity index (χ0) is 19.1. The van der Waals surface area contributed by atoms with Gasteiger partial charge in [-0.05, 0) is 128 Å². The Morgan fingerprint density at radius 2 is 1.52 bits per heavy atom. The quantitative estimate of drug-likeness (QED) is 0.510. The Morgan fingerprint density at radius 3 is 2.19 bits per heavy atom. The minimum absolute atomic E-state index is 0.777. The maximum Gasteiger partial charge on any atom is 0.00755 e. The van der Waals surface area contributed by atoms with Crippen molar-refractivity contribution in [3.8, 4) is 0 Å². The van der Waals surface area contributed by atoms with Gasteiger partial charge in [-0.2, -0.15) is 11.8 Å². The number of thioether (sulfide) groups is 1. The van der Waals surface area contributed by atoms with Gasteiger partial charge in [-0.25, -0.2) is 0 Å². The summed E-state index contributed by atoms with van der Waals surface area (Å²) in [5, 5.41) is 3.90. The van der Waals surface area contributed by atoms with Crippen LogP contribution in [0.4, 0.5) is 0 Å². The molecule has 1 saturated carbocycles. The lowest BCUT2D eigenvalue weighted by Gasteiger charge is -2.37. The maximum absolute atomic E-state index is 2.52. The van der Waals surface area contributed by atoms with Crippen LogP contribution in [-0.4, -0.2) is 11.0 Å². The third-order valence-electron chi connectivity index (χ3n) is 7.60. The molecule has 4 rings (SSSR count). The van der Waals surface area contributed by atoms with Crippen molar-refractivity contribution in [3.63, 3.8) is 0 Å². The summed E-state index contributed by atoms with van der Waals surface area (Å²) in [6.45, 7) is 11.6. The molecule has 0 N–H and O–H groups in total. The molecule has 2 atom stereocenters. The number of benzene rings is 2. The molecule has 1 saturated heterocycles. The third kappa shape index (κ3) is 3.82. The van der Waals surface area contributed by atoms with Crippen molar-refractivity contribution in [2.75, 3.05) is 5.75 Å². The van der Waals surface area contributed by atoms with Crippen LogP contribution in [0.15, 0.2) is 18.2 Å². The van der Waals surface area contributed by atoms with Crippen molar-refractivity contribution in [2.45, 2.75) is 84.3 Å². The summed E-state index contributed by atoms with van der Waals surface area (Å²) < 4.78 is 0. The van der Waals surface area contributed by atoms with Crippen LogP contribution in [0.1, 0.15) is 79.2 Å². The Balaban J connectivity index is 1.51. The van der Waals surface area contributed by atoms with Gasteiger partial charge in [0.15, 0.2) is 0 Å². The molecule has 0 spiro atoms. The van der Waals surface area contributed by atoms with E-state index in [1.165, 1.54) is 77.3 Å². The molecule has 0 aromatic heterocycles. The van der Waals surface area contributed by atoms with E-state index in [-0.39, 0.29) is 0 Å². The van der Waals surface area contributed by atoms with Crippen LogP contribution in [0.2, 0.25) is 0 Å². The zero-order valence-corrected chi connectivity index (χ0v) is 18.7. The lowest BCUT2D eigenvalue weighted by Crippen LogP contribution is -2.27. The van der Waals surface area contributed by atoms with E-state index < -0.39 is 0 Å². The molecule has 0 amide bonds. The molecule has 2 aromatic carbocycles. The molecule has 2 aliphatic rings. The minimum atomic E-state index is 0.777. The van der Waals surface area contributed by atoms with Crippen LogP contribution in [0.5, 0.6) is 0 Å². The highest BCUT2D eigenvalue weighted by Gasteiger charge is 2.31. The van der Waals surface area contributed by atoms with E-state index in [4.69, 9.17) is 0 Å². The molecule has 1 aliphatic heterocycles. The summed E-state index contributed by atoms with van der Waals surface area (Å²) in [5.41, 5.74) is 7.44. The number of rotatable bonds is 2. The second kappa shape index (κ2) is 7.82. The summed E-state index contributed by atoms with van der Waals surface area (Å²) in [7, 11) is 0. The van der Waals surface area contributed by atoms with E-state index >= 15 is 0 Å². The highest BCUT2D eigenvalue weighted by Crippen LogP contribution is 2.44. The average molecular weight is 381 g/mol. The largest absolute Gasteiger partial charge is 0.158 e. The zero-order valence-electron chi connectivity index (χ0n) is 17.9. The second-order valence-corrected chi connectivity index (χ2v) is 10.8. The first kappa shape index (κ1) is 19.4. The van der Waals surface area contributed by atoms with E-state index in [9.17, 15) is 0 Å². The molecular weight excluding hydrogens is 344 g/mol. The summed E-state index contributed by atoms with van der Waals surface area (Å²) in [4.78, 5) is 0. The highest BCUT2D eigenvalue weighted by atomic mass is 32.2. The van der Waals surface area contributed by atoms with Crippen LogP contribution < -0.4 is 0 Å². The van der Waals surface area contributed by atoms with Gasteiger partial charge in [-0.15, -0.1) is 0 Å². The fourth-order valence-corrected chi connectivity index (χ4v) is 7.22. The summed E-state index contributed by atoms with van der Waals surface area (Å²) >= 11 is 2.28. The minimum Gasteiger partial charge on any atom is -0.158 e. The summed E-state index contributed by atoms with van der Waals surface area (Å²) in [5.74, 6) is 4.09. The van der Waals surface area contributed by atoms with Gasteiger partial charge < -0.3 is 0 Å². The molecule has 1 heterocycles. The highest BCUT2D eigenvalue weighted by molar-refractivity contribution is 7.99. The molecule has 2 aromatic rings. The molecule has 27 heavy (non-hydrogen) atoms. The molecule has 2 unspecified atom stereocenters. The van der Waals surface area contributed by atoms with Crippen LogP contribution in [0.25, 0.3) is 10.8 Å². The molecule has 1 heteroatoms. The van der Waals surface area contributed by atoms with Crippen LogP contribution >= 0.6 is 11.8 Å². The SMILES string of the molecule is Cc1cc2cc(C3CCC(C4CCC(C)CS4)CC3)cc(C)c2c(C)c1C. The average Bonchev–Trinajstić information content (AvgIpc) is 2.66. The third-order valence-corrected chi connectivity index (χ3v) is 9.41. The Labute approximate surface area is 170 Å². The standard InChI is InChI=1S/C26H36S/c1-16-6-11-25(27-15-16)22-9-7-21(8-10-22)23-13-18(3)26-20(5)19(4)17(2)12-24(26)14-23/h12-14,16,21-22,25H,6-11,15H2,1-5H3. The van der Waals surface area contributed by atoms with Crippen LogP contribution in [0, 0.1) is 39.5 Å². The van der Waals surface area contributed by atoms with Gasteiger partial charge in [0.05, 0.1) is 0 Å². The van der Waals surface area contributed by atoms with E-state index in [0.717, 1.165) is 23.0 Å². The predicted octanol–water partition coefficient (Wildman–Crippen LogP) is 7.88. The van der Waals surface area contributed by atoms with Crippen LogP contribution in [0.3, 0.4) is 0 Å². The molecule has 146 valence electrons. The Kier molecular flexibility index (Phi) is 5.61. The predicted molar refractivity (Wildman–Crippen MR) is 122 cm³/mol. The number of fused-ring (bicyclic) bond motifs is 1. The van der Waals surface area contributed by atoms with E-state index in [2.05, 4.69) is 64.6 Å². The molecule has 0 radical (unpaired) electrons. The van der Waals surface area contributed by atoms with Gasteiger partial charge in [-0.3, -0.25) is 0 Å². The number of aryl methyl sites for hydroxylation is 3. The topological polar surface area (TPSA) is 0 Å². The first-order chi connectivity index (χ1) is 12.9. The molecule has 0 nitrogen and oxygen atoms in total. The smallest absolute Gasteiger partial charge is 0.00755 e. The maximum atomic E-state index is 2.52. The van der Waals surface area contributed by atoms with Crippen molar-refractivity contribution in [1.29, 1.82) is 0 Å². The van der Waals surface area contributed by atoms with Crippen molar-refractivity contribution in [1.82, 2.24) is 0 Å². The van der Waals surface area contributed by atoms with Crippen molar-refractivity contribution in [2.24, 2.45) is 11.8 Å². The second-order valence-electron chi connectivity index (χ2n) is 9.55. The fourth-order valence-electron chi connectivity index (χ4n) is 5.63. The Morgan fingerprint density at radius 1 is 0.778 bits per heavy atom. The molecular formula is C26H36S. The van der Waals surface area contributed by atoms with Crippen molar-refractivity contribution < 1.29 is 0 Å². The first-order valence-corrected chi connectivity index (χ1v) is 12.1. The summed E-state index contributed by atoms with van der Waals surface area (Å²) in [6.07, 6.45) is 8.60. The van der Waals surface area contributed by atoms with Crippen molar-refractivity contribution >= 4 is 22.5 Å². The van der Waals surface area contributed by atoms with E-state index in [1.807, 2.05) is 0 Å². The van der Waals surface area contributed by atoms with Gasteiger partial charge in [-0.1, -0.05) is 25.1 Å². The van der Waals surface area contributed by atoms with Gasteiger partial charge in [0.2, 0.25) is 0 Å². The Hall–Kier alpha value is -0.950. The van der Waals surface area contributed by atoms with Gasteiger partial charge >= 0.3 is 0 Å². The monoisotopic (exact) mass is 380 g/mol. The Bertz CT molecular complexity index is 818. The van der Waals surface area contributed by atoms with E-state index in [1.54, 1.807) is 5.56 Å². The lowest BCUT2D eigenvalue weighted by molar-refractivity contribution is 0.302. The number of hydrogen-bond donors (Lipinski definition) is 0. The van der Waals surface area contributed by atoms with Crippen LogP contribution in [-0.2, 0) is 0 Å². The summed E-state index contributed by atoms with van der Waals surface area (Å²) in [6, 6.07) is 7.44. The number of hydrogen-bond acceptors (Lipinski definition) is 1. The fraction of sp³-hybridized carbons (Fsp3) is 0.615. The normalized spacial score (nSPS) is 29.2.